The van der Waals surface area contributed by atoms with Crippen molar-refractivity contribution in [1.29, 1.82) is 0 Å². The molecule has 0 radical (unpaired) electrons. The quantitative estimate of drug-likeness (QED) is 0.125. The van der Waals surface area contributed by atoms with E-state index in [1.807, 2.05) is 58.0 Å². The van der Waals surface area contributed by atoms with Crippen molar-refractivity contribution in [3.63, 3.8) is 0 Å². The Morgan fingerprint density at radius 2 is 1.49 bits per heavy atom. The highest BCUT2D eigenvalue weighted by atomic mass is 32.1. The fourth-order valence-electron chi connectivity index (χ4n) is 5.54. The van der Waals surface area contributed by atoms with Crippen LogP contribution in [-0.4, -0.2) is 66.9 Å². The number of carbonyl (C=O) groups excluding carboxylic acids is 1. The zero-order valence-corrected chi connectivity index (χ0v) is 28.2. The summed E-state index contributed by atoms with van der Waals surface area (Å²) >= 11 is 2.50. The van der Waals surface area contributed by atoms with Gasteiger partial charge in [-0.25, -0.2) is 19.0 Å². The Balaban J connectivity index is 1.34. The first-order valence-electron chi connectivity index (χ1n) is 15.2. The first-order valence-corrected chi connectivity index (χ1v) is 16.8. The van der Waals surface area contributed by atoms with Gasteiger partial charge in [-0.1, -0.05) is 0 Å². The molecule has 0 spiro atoms. The number of rotatable bonds is 13. The van der Waals surface area contributed by atoms with E-state index in [2.05, 4.69) is 9.97 Å². The molecule has 14 heteroatoms. The van der Waals surface area contributed by atoms with E-state index >= 15 is 0 Å². The molecule has 47 heavy (non-hydrogen) atoms. The van der Waals surface area contributed by atoms with Crippen molar-refractivity contribution >= 4 is 55.0 Å². The lowest BCUT2D eigenvalue weighted by Gasteiger charge is -2.18. The summed E-state index contributed by atoms with van der Waals surface area (Å²) in [6.45, 7) is 8.63. The minimum atomic E-state index is -0.986. The number of methoxy groups -OCH3 is 1. The summed E-state index contributed by atoms with van der Waals surface area (Å²) in [6.07, 6.45) is 3.75. The fourth-order valence-corrected chi connectivity index (χ4v) is 7.63. The lowest BCUT2D eigenvalue weighted by atomic mass is 10.1. The van der Waals surface area contributed by atoms with Gasteiger partial charge in [0.1, 0.15) is 37.0 Å². The van der Waals surface area contributed by atoms with Gasteiger partial charge >= 0.3 is 11.9 Å². The molecule has 0 amide bonds. The highest BCUT2D eigenvalue weighted by Gasteiger charge is 2.25. The summed E-state index contributed by atoms with van der Waals surface area (Å²) in [5, 5.41) is 21.2. The molecule has 6 aromatic heterocycles. The van der Waals surface area contributed by atoms with Gasteiger partial charge in [0.05, 0.1) is 7.11 Å². The Bertz CT molecular complexity index is 2080. The summed E-state index contributed by atoms with van der Waals surface area (Å²) in [5.41, 5.74) is 4.77. The molecule has 2 unspecified atom stereocenters. The van der Waals surface area contributed by atoms with Crippen LogP contribution in [0, 0.1) is 6.92 Å². The Labute approximate surface area is 278 Å². The summed E-state index contributed by atoms with van der Waals surface area (Å²) in [6, 6.07) is 11.2. The third-order valence-electron chi connectivity index (χ3n) is 7.66. The Hall–Kier alpha value is -4.50. The summed E-state index contributed by atoms with van der Waals surface area (Å²) in [7, 11) is 1.37. The predicted molar refractivity (Wildman–Crippen MR) is 180 cm³/mol. The average Bonchev–Trinajstić information content (AvgIpc) is 3.83. The van der Waals surface area contributed by atoms with Crippen LogP contribution in [0.5, 0.6) is 0 Å². The number of pyridine rings is 2. The third-order valence-corrected chi connectivity index (χ3v) is 9.87. The van der Waals surface area contributed by atoms with E-state index in [9.17, 15) is 14.7 Å². The third kappa shape index (κ3) is 6.41. The summed E-state index contributed by atoms with van der Waals surface area (Å²) in [5.74, 6) is -1.39. The highest BCUT2D eigenvalue weighted by molar-refractivity contribution is 7.20. The number of carboxylic acids is 1. The smallest absolute Gasteiger partial charge is 0.348 e. The van der Waals surface area contributed by atoms with Gasteiger partial charge in [-0.2, -0.15) is 10.2 Å². The van der Waals surface area contributed by atoms with Crippen molar-refractivity contribution in [2.45, 2.75) is 53.0 Å². The number of esters is 1. The first-order chi connectivity index (χ1) is 22.7. The summed E-state index contributed by atoms with van der Waals surface area (Å²) in [4.78, 5) is 35.5. The second kappa shape index (κ2) is 13.7. The van der Waals surface area contributed by atoms with Crippen LogP contribution in [0.3, 0.4) is 0 Å². The maximum atomic E-state index is 12.4. The molecule has 0 aromatic carbocycles. The van der Waals surface area contributed by atoms with E-state index in [1.165, 1.54) is 29.8 Å². The molecule has 1 N–H and O–H groups in total. The molecular formula is C33H34N6O6S2. The number of carboxylic acid groups (broad SMARTS) is 1. The Morgan fingerprint density at radius 1 is 0.872 bits per heavy atom. The van der Waals surface area contributed by atoms with E-state index in [0.717, 1.165) is 42.9 Å². The van der Waals surface area contributed by atoms with Gasteiger partial charge in [-0.15, -0.1) is 22.7 Å². The molecule has 0 aliphatic heterocycles. The normalized spacial score (nSPS) is 13.0. The van der Waals surface area contributed by atoms with Gasteiger partial charge in [-0.3, -0.25) is 9.97 Å². The minimum Gasteiger partial charge on any atom is -0.477 e. The molecule has 0 saturated carbocycles. The Kier molecular flexibility index (Phi) is 9.45. The molecule has 6 rings (SSSR count). The maximum Gasteiger partial charge on any atom is 0.348 e. The van der Waals surface area contributed by atoms with Crippen molar-refractivity contribution in [2.75, 3.05) is 20.3 Å². The molecule has 0 bridgehead atoms. The van der Waals surface area contributed by atoms with E-state index in [0.29, 0.717) is 42.3 Å². The number of thiophene rings is 2. The van der Waals surface area contributed by atoms with Crippen LogP contribution in [-0.2, 0) is 20.6 Å². The number of hydrogen-bond donors (Lipinski definition) is 1. The zero-order valence-electron chi connectivity index (χ0n) is 26.6. The van der Waals surface area contributed by atoms with Crippen LogP contribution in [0.1, 0.15) is 70.4 Å². The van der Waals surface area contributed by atoms with Crippen molar-refractivity contribution < 1.29 is 28.9 Å². The number of aryl methyl sites for hydroxylation is 2. The molecule has 0 fully saturated rings. The highest BCUT2D eigenvalue weighted by Crippen LogP contribution is 2.38. The maximum absolute atomic E-state index is 12.4. The monoisotopic (exact) mass is 674 g/mol. The average molecular weight is 675 g/mol. The van der Waals surface area contributed by atoms with Gasteiger partial charge in [0.15, 0.2) is 6.23 Å². The number of fused-ring (bicyclic) bond motifs is 2. The summed E-state index contributed by atoms with van der Waals surface area (Å²) < 4.78 is 20.6. The SMILES string of the molecule is CCOC(C)n1nc(-c2ccnc(CCC(OCC)n3nc(-c4ccnc(C)c4)c4cc(C(=O)O)sc43)c2)c2cc(C(=O)OC)sc21. The van der Waals surface area contributed by atoms with Crippen molar-refractivity contribution in [3.8, 4) is 22.5 Å². The van der Waals surface area contributed by atoms with E-state index < -0.39 is 18.2 Å². The number of carbonyl (C=O) groups is 2. The second-order valence-corrected chi connectivity index (χ2v) is 12.8. The molecule has 6 aromatic rings. The van der Waals surface area contributed by atoms with Crippen LogP contribution in [0.15, 0.2) is 48.8 Å². The number of nitrogens with zero attached hydrogens (tertiary/aromatic N) is 6. The second-order valence-electron chi connectivity index (χ2n) is 10.8. The molecular weight excluding hydrogens is 641 g/mol. The molecule has 244 valence electrons. The minimum absolute atomic E-state index is 0.232. The molecule has 0 saturated heterocycles. The number of aromatic carboxylic acids is 1. The van der Waals surface area contributed by atoms with Gasteiger partial charge in [0.25, 0.3) is 0 Å². The Morgan fingerprint density at radius 3 is 2.15 bits per heavy atom. The number of aromatic nitrogens is 6. The van der Waals surface area contributed by atoms with Gasteiger partial charge in [0, 0.05) is 58.9 Å². The van der Waals surface area contributed by atoms with Crippen LogP contribution < -0.4 is 0 Å². The van der Waals surface area contributed by atoms with Crippen molar-refractivity contribution in [2.24, 2.45) is 0 Å². The van der Waals surface area contributed by atoms with Gasteiger partial charge in [0.2, 0.25) is 0 Å². The van der Waals surface area contributed by atoms with Crippen LogP contribution in [0.4, 0.5) is 0 Å². The topological polar surface area (TPSA) is 143 Å². The van der Waals surface area contributed by atoms with Crippen LogP contribution in [0.25, 0.3) is 42.9 Å². The van der Waals surface area contributed by atoms with Gasteiger partial charge < -0.3 is 19.3 Å². The lowest BCUT2D eigenvalue weighted by Crippen LogP contribution is -2.15. The zero-order chi connectivity index (χ0) is 33.2. The number of ether oxygens (including phenoxy) is 3. The molecule has 2 atom stereocenters. The van der Waals surface area contributed by atoms with Crippen LogP contribution >= 0.6 is 22.7 Å². The van der Waals surface area contributed by atoms with Crippen molar-refractivity contribution in [1.82, 2.24) is 29.5 Å². The molecule has 0 aliphatic rings. The van der Waals surface area contributed by atoms with E-state index in [-0.39, 0.29) is 11.1 Å². The predicted octanol–water partition coefficient (Wildman–Crippen LogP) is 7.15. The molecule has 6 heterocycles. The van der Waals surface area contributed by atoms with E-state index in [1.54, 1.807) is 27.8 Å². The first kappa shape index (κ1) is 32.4. The largest absolute Gasteiger partial charge is 0.477 e. The number of hydrogen-bond acceptors (Lipinski definition) is 11. The molecule has 12 nitrogen and oxygen atoms in total. The fraction of sp³-hybridized carbons (Fsp3) is 0.333. The standard InChI is InChI=1S/C33H34N6O6S2/c1-6-44-19(4)38-30-24(17-26(47-30)33(42)43-5)29(36-38)21-11-13-35-22(15-21)8-9-27(45-7-2)39-31-23(16-25(46-31)32(40)41)28(37-39)20-10-12-34-18(3)14-20/h10-17,19,27H,6-9H2,1-5H3,(H,40,41). The lowest BCUT2D eigenvalue weighted by molar-refractivity contribution is -0.000746. The van der Waals surface area contributed by atoms with Gasteiger partial charge in [-0.05, 0) is 76.9 Å². The van der Waals surface area contributed by atoms with Crippen LogP contribution in [0.2, 0.25) is 0 Å². The van der Waals surface area contributed by atoms with E-state index in [4.69, 9.17) is 24.4 Å². The van der Waals surface area contributed by atoms with Crippen molar-refractivity contribution in [3.05, 3.63) is 69.9 Å². The molecule has 0 aliphatic carbocycles.